The zero-order valence-corrected chi connectivity index (χ0v) is 19.1. The normalized spacial score (nSPS) is 19.7. The number of carbonyl (C=O) groups excluding carboxylic acids is 1. The summed E-state index contributed by atoms with van der Waals surface area (Å²) in [5.74, 6) is 1.61. The van der Waals surface area contributed by atoms with E-state index >= 15 is 0 Å². The number of hydrogen-bond acceptors (Lipinski definition) is 4. The second-order valence-electron chi connectivity index (χ2n) is 8.32. The quantitative estimate of drug-likeness (QED) is 0.502. The molecule has 1 amide bonds. The van der Waals surface area contributed by atoms with E-state index in [0.29, 0.717) is 17.9 Å². The van der Waals surface area contributed by atoms with E-state index in [1.54, 1.807) is 0 Å². The summed E-state index contributed by atoms with van der Waals surface area (Å²) in [6.07, 6.45) is 4.43. The smallest absolute Gasteiger partial charge is 0.225 e. The lowest BCUT2D eigenvalue weighted by molar-refractivity contribution is -0.139. The topological polar surface area (TPSA) is 60.0 Å². The predicted molar refractivity (Wildman–Crippen MR) is 122 cm³/mol. The minimum atomic E-state index is 0.319. The van der Waals surface area contributed by atoms with Gasteiger partial charge < -0.3 is 15.5 Å². The van der Waals surface area contributed by atoms with Crippen molar-refractivity contribution >= 4 is 23.2 Å². The van der Waals surface area contributed by atoms with Crippen molar-refractivity contribution in [3.63, 3.8) is 0 Å². The molecule has 1 aliphatic heterocycles. The maximum atomic E-state index is 12.4. The van der Waals surface area contributed by atoms with Crippen LogP contribution in [0.25, 0.3) is 0 Å². The van der Waals surface area contributed by atoms with Gasteiger partial charge in [0.05, 0.1) is 6.54 Å². The number of rotatable bonds is 8. The lowest BCUT2D eigenvalue weighted by Crippen LogP contribution is -2.51. The van der Waals surface area contributed by atoms with Crippen molar-refractivity contribution in [1.82, 2.24) is 20.4 Å². The molecule has 2 fully saturated rings. The van der Waals surface area contributed by atoms with Crippen LogP contribution in [0.15, 0.2) is 17.1 Å². The number of carbonyl (C=O) groups is 1. The lowest BCUT2D eigenvalue weighted by atomic mass is 9.84. The molecule has 1 aliphatic carbocycles. The maximum Gasteiger partial charge on any atom is 0.225 e. The third kappa shape index (κ3) is 6.71. The molecule has 1 aromatic heterocycles. The average molecular weight is 420 g/mol. The second-order valence-corrected chi connectivity index (χ2v) is 9.69. The largest absolute Gasteiger partial charge is 0.357 e. The fraction of sp³-hybridized carbons (Fsp3) is 0.727. The first-order valence-corrected chi connectivity index (χ1v) is 12.0. The standard InChI is InChI=1S/C22H37N5OS/c1-4-23-22(25-17(2)16-20-9-8-18(3)29-20)24-10-11-26-12-14-27(15-13-26)21(28)19-6-5-7-19/h8-9,17,19H,4-7,10-16H2,1-3H3,(H2,23,24,25). The van der Waals surface area contributed by atoms with Gasteiger partial charge in [-0.2, -0.15) is 0 Å². The third-order valence-corrected chi connectivity index (χ3v) is 6.88. The number of guanidine groups is 1. The SMILES string of the molecule is CCNC(=NCCN1CCN(C(=O)C2CCC2)CC1)NC(C)Cc1ccc(C)s1. The summed E-state index contributed by atoms with van der Waals surface area (Å²) in [6, 6.07) is 4.75. The Morgan fingerprint density at radius 1 is 1.28 bits per heavy atom. The summed E-state index contributed by atoms with van der Waals surface area (Å²) in [5.41, 5.74) is 0. The summed E-state index contributed by atoms with van der Waals surface area (Å²) in [5, 5.41) is 6.90. The number of thiophene rings is 1. The van der Waals surface area contributed by atoms with E-state index in [1.165, 1.54) is 16.2 Å². The van der Waals surface area contributed by atoms with Crippen LogP contribution < -0.4 is 10.6 Å². The van der Waals surface area contributed by atoms with Crippen LogP contribution in [0.4, 0.5) is 0 Å². The minimum absolute atomic E-state index is 0.319. The molecule has 1 saturated carbocycles. The predicted octanol–water partition coefficient (Wildman–Crippen LogP) is 2.49. The second kappa shape index (κ2) is 11.0. The highest BCUT2D eigenvalue weighted by atomic mass is 32.1. The number of piperazine rings is 1. The van der Waals surface area contributed by atoms with Crippen molar-refractivity contribution < 1.29 is 4.79 Å². The van der Waals surface area contributed by atoms with E-state index in [9.17, 15) is 4.79 Å². The molecule has 1 unspecified atom stereocenters. The molecule has 2 heterocycles. The Morgan fingerprint density at radius 2 is 2.03 bits per heavy atom. The van der Waals surface area contributed by atoms with Gasteiger partial charge in [-0.15, -0.1) is 11.3 Å². The molecule has 162 valence electrons. The molecule has 0 radical (unpaired) electrons. The molecule has 1 aromatic rings. The van der Waals surface area contributed by atoms with Crippen molar-refractivity contribution in [2.75, 3.05) is 45.8 Å². The molecule has 0 aromatic carbocycles. The zero-order valence-electron chi connectivity index (χ0n) is 18.2. The molecule has 6 nitrogen and oxygen atoms in total. The Balaban J connectivity index is 1.39. The molecular weight excluding hydrogens is 382 g/mol. The van der Waals surface area contributed by atoms with Crippen LogP contribution in [0.2, 0.25) is 0 Å². The van der Waals surface area contributed by atoms with Gasteiger partial charge in [0.25, 0.3) is 0 Å². The summed E-state index contributed by atoms with van der Waals surface area (Å²) >= 11 is 1.87. The number of aliphatic imine (C=N–C) groups is 1. The molecule has 0 spiro atoms. The summed E-state index contributed by atoms with van der Waals surface area (Å²) in [6.45, 7) is 12.7. The number of nitrogens with zero attached hydrogens (tertiary/aromatic N) is 3. The van der Waals surface area contributed by atoms with Gasteiger partial charge in [-0.25, -0.2) is 0 Å². The first-order chi connectivity index (χ1) is 14.0. The van der Waals surface area contributed by atoms with Crippen LogP contribution in [0.5, 0.6) is 0 Å². The highest BCUT2D eigenvalue weighted by molar-refractivity contribution is 7.11. The first-order valence-electron chi connectivity index (χ1n) is 11.2. The van der Waals surface area contributed by atoms with Gasteiger partial charge in [0.1, 0.15) is 0 Å². The fourth-order valence-electron chi connectivity index (χ4n) is 3.91. The van der Waals surface area contributed by atoms with Crippen molar-refractivity contribution in [3.05, 3.63) is 21.9 Å². The minimum Gasteiger partial charge on any atom is -0.357 e. The Morgan fingerprint density at radius 3 is 2.62 bits per heavy atom. The molecule has 2 aliphatic rings. The van der Waals surface area contributed by atoms with Crippen LogP contribution in [-0.2, 0) is 11.2 Å². The van der Waals surface area contributed by atoms with E-state index in [-0.39, 0.29) is 0 Å². The summed E-state index contributed by atoms with van der Waals surface area (Å²) < 4.78 is 0. The summed E-state index contributed by atoms with van der Waals surface area (Å²) in [7, 11) is 0. The molecule has 7 heteroatoms. The highest BCUT2D eigenvalue weighted by Crippen LogP contribution is 2.28. The van der Waals surface area contributed by atoms with Gasteiger partial charge >= 0.3 is 0 Å². The molecule has 1 atom stereocenters. The average Bonchev–Trinajstić information content (AvgIpc) is 3.05. The third-order valence-electron chi connectivity index (χ3n) is 5.86. The van der Waals surface area contributed by atoms with Gasteiger partial charge in [-0.05, 0) is 45.7 Å². The maximum absolute atomic E-state index is 12.4. The highest BCUT2D eigenvalue weighted by Gasteiger charge is 2.30. The van der Waals surface area contributed by atoms with Crippen LogP contribution in [0, 0.1) is 12.8 Å². The van der Waals surface area contributed by atoms with Gasteiger partial charge in [0.15, 0.2) is 5.96 Å². The van der Waals surface area contributed by atoms with E-state index < -0.39 is 0 Å². The van der Waals surface area contributed by atoms with Crippen LogP contribution in [0.1, 0.15) is 42.9 Å². The fourth-order valence-corrected chi connectivity index (χ4v) is 4.93. The molecule has 29 heavy (non-hydrogen) atoms. The van der Waals surface area contributed by atoms with E-state index in [4.69, 9.17) is 4.99 Å². The number of hydrogen-bond donors (Lipinski definition) is 2. The monoisotopic (exact) mass is 419 g/mol. The van der Waals surface area contributed by atoms with E-state index in [0.717, 1.165) is 71.0 Å². The Labute approximate surface area is 179 Å². The molecule has 1 saturated heterocycles. The first kappa shape index (κ1) is 22.1. The van der Waals surface area contributed by atoms with Crippen molar-refractivity contribution in [2.24, 2.45) is 10.9 Å². The van der Waals surface area contributed by atoms with Gasteiger partial charge in [0, 0.05) is 67.4 Å². The zero-order chi connectivity index (χ0) is 20.6. The van der Waals surface area contributed by atoms with Gasteiger partial charge in [0.2, 0.25) is 5.91 Å². The van der Waals surface area contributed by atoms with Crippen LogP contribution in [-0.4, -0.2) is 73.5 Å². The van der Waals surface area contributed by atoms with Crippen molar-refractivity contribution in [1.29, 1.82) is 0 Å². The number of amides is 1. The Kier molecular flexibility index (Phi) is 8.36. The van der Waals surface area contributed by atoms with Crippen molar-refractivity contribution in [3.8, 4) is 0 Å². The molecule has 0 bridgehead atoms. The molecular formula is C22H37N5OS. The number of nitrogens with one attached hydrogen (secondary N) is 2. The lowest BCUT2D eigenvalue weighted by Gasteiger charge is -2.38. The van der Waals surface area contributed by atoms with Crippen LogP contribution in [0.3, 0.4) is 0 Å². The van der Waals surface area contributed by atoms with E-state index in [2.05, 4.69) is 53.3 Å². The Hall–Kier alpha value is -1.60. The Bertz CT molecular complexity index is 676. The van der Waals surface area contributed by atoms with Gasteiger partial charge in [-0.1, -0.05) is 6.42 Å². The molecule has 3 rings (SSSR count). The van der Waals surface area contributed by atoms with Crippen LogP contribution >= 0.6 is 11.3 Å². The van der Waals surface area contributed by atoms with Crippen molar-refractivity contribution in [2.45, 2.75) is 52.5 Å². The van der Waals surface area contributed by atoms with E-state index in [1.807, 2.05) is 11.3 Å². The van der Waals surface area contributed by atoms with Gasteiger partial charge in [-0.3, -0.25) is 14.7 Å². The summed E-state index contributed by atoms with van der Waals surface area (Å²) in [4.78, 5) is 24.4. The number of aryl methyl sites for hydroxylation is 1. The molecule has 2 N–H and O–H groups in total.